The summed E-state index contributed by atoms with van der Waals surface area (Å²) >= 11 is 0. The Morgan fingerprint density at radius 2 is 1.97 bits per heavy atom. The van der Waals surface area contributed by atoms with Crippen molar-refractivity contribution in [1.82, 2.24) is 9.97 Å². The van der Waals surface area contributed by atoms with Crippen molar-refractivity contribution < 1.29 is 22.7 Å². The third-order valence-corrected chi connectivity index (χ3v) is 4.72. The lowest BCUT2D eigenvalue weighted by Crippen LogP contribution is -2.27. The van der Waals surface area contributed by atoms with Crippen LogP contribution in [0.1, 0.15) is 40.6 Å². The highest BCUT2D eigenvalue weighted by molar-refractivity contribution is 5.94. The molecular formula is C23H20F3N3O3. The van der Waals surface area contributed by atoms with Crippen LogP contribution in [0.5, 0.6) is 5.75 Å². The van der Waals surface area contributed by atoms with Gasteiger partial charge < -0.3 is 15.5 Å². The zero-order valence-corrected chi connectivity index (χ0v) is 16.9. The molecule has 0 radical (unpaired) electrons. The van der Waals surface area contributed by atoms with Crippen LogP contribution >= 0.6 is 0 Å². The molecule has 2 heterocycles. The Morgan fingerprint density at radius 3 is 2.53 bits per heavy atom. The van der Waals surface area contributed by atoms with E-state index in [0.717, 1.165) is 11.6 Å². The number of H-pyrrole nitrogens is 1. The zero-order valence-electron chi connectivity index (χ0n) is 16.9. The fourth-order valence-electron chi connectivity index (χ4n) is 3.17. The van der Waals surface area contributed by atoms with Crippen molar-refractivity contribution in [2.75, 3.05) is 0 Å². The third kappa shape index (κ3) is 5.23. The standard InChI is InChI=1S/C23H20F3N3O3/c1-2-3-6-19(15-5-4-11-28-13-15)32-16-9-7-14(8-10-16)17-12-18(21(27)30)22(31)29-20(17)23(24,25)26/h2,4-5,7-13,19H,1,3,6H2,(H2,27,30)(H,29,31). The maximum absolute atomic E-state index is 13.5. The summed E-state index contributed by atoms with van der Waals surface area (Å²) in [5.41, 5.74) is 2.71. The molecule has 0 spiro atoms. The molecule has 1 amide bonds. The summed E-state index contributed by atoms with van der Waals surface area (Å²) in [5, 5.41) is 0. The van der Waals surface area contributed by atoms with Gasteiger partial charge in [0.2, 0.25) is 0 Å². The van der Waals surface area contributed by atoms with Crippen LogP contribution in [0.2, 0.25) is 0 Å². The molecule has 0 bridgehead atoms. The summed E-state index contributed by atoms with van der Waals surface area (Å²) in [6.45, 7) is 3.71. The lowest BCUT2D eigenvalue weighted by atomic mass is 10.0. The van der Waals surface area contributed by atoms with E-state index in [9.17, 15) is 22.8 Å². The number of allylic oxidation sites excluding steroid dienone is 1. The van der Waals surface area contributed by atoms with Gasteiger partial charge in [0.05, 0.1) is 0 Å². The van der Waals surface area contributed by atoms with Crippen LogP contribution in [-0.2, 0) is 6.18 Å². The van der Waals surface area contributed by atoms with E-state index in [-0.39, 0.29) is 17.2 Å². The average molecular weight is 443 g/mol. The van der Waals surface area contributed by atoms with Gasteiger partial charge in [-0.3, -0.25) is 14.6 Å². The Kier molecular flexibility index (Phi) is 6.77. The van der Waals surface area contributed by atoms with Crippen LogP contribution < -0.4 is 16.0 Å². The molecule has 1 aromatic carbocycles. The maximum atomic E-state index is 13.5. The van der Waals surface area contributed by atoms with Gasteiger partial charge in [-0.25, -0.2) is 0 Å². The first kappa shape index (κ1) is 22.8. The Morgan fingerprint density at radius 1 is 1.25 bits per heavy atom. The van der Waals surface area contributed by atoms with E-state index in [4.69, 9.17) is 10.5 Å². The van der Waals surface area contributed by atoms with Crippen molar-refractivity contribution >= 4 is 5.91 Å². The van der Waals surface area contributed by atoms with Gasteiger partial charge in [0.1, 0.15) is 23.1 Å². The van der Waals surface area contributed by atoms with Gasteiger partial charge in [-0.1, -0.05) is 24.3 Å². The molecule has 1 unspecified atom stereocenters. The van der Waals surface area contributed by atoms with Crippen molar-refractivity contribution in [3.8, 4) is 16.9 Å². The molecule has 166 valence electrons. The molecule has 32 heavy (non-hydrogen) atoms. The lowest BCUT2D eigenvalue weighted by Gasteiger charge is -2.19. The highest BCUT2D eigenvalue weighted by atomic mass is 19.4. The lowest BCUT2D eigenvalue weighted by molar-refractivity contribution is -0.140. The fraction of sp³-hybridized carbons (Fsp3) is 0.174. The van der Waals surface area contributed by atoms with E-state index in [1.165, 1.54) is 24.3 Å². The van der Waals surface area contributed by atoms with Gasteiger partial charge in [0.25, 0.3) is 11.5 Å². The van der Waals surface area contributed by atoms with Crippen LogP contribution in [0.25, 0.3) is 11.1 Å². The number of aromatic nitrogens is 2. The number of hydrogen-bond donors (Lipinski definition) is 2. The maximum Gasteiger partial charge on any atom is 0.431 e. The summed E-state index contributed by atoms with van der Waals surface area (Å²) in [5.74, 6) is -0.692. The SMILES string of the molecule is C=CCCC(Oc1ccc(-c2cc(C(N)=O)c(=O)[nH]c2C(F)(F)F)cc1)c1cccnc1. The number of primary amides is 1. The minimum atomic E-state index is -4.84. The number of benzene rings is 1. The second-order valence-corrected chi connectivity index (χ2v) is 6.95. The summed E-state index contributed by atoms with van der Waals surface area (Å²) in [7, 11) is 0. The van der Waals surface area contributed by atoms with Gasteiger partial charge >= 0.3 is 6.18 Å². The van der Waals surface area contributed by atoms with E-state index >= 15 is 0 Å². The van der Waals surface area contributed by atoms with E-state index in [2.05, 4.69) is 11.6 Å². The number of carbonyl (C=O) groups is 1. The molecule has 3 N–H and O–H groups in total. The molecular weight excluding hydrogens is 423 g/mol. The number of nitrogens with zero attached hydrogens (tertiary/aromatic N) is 1. The topological polar surface area (TPSA) is 98.1 Å². The first-order valence-corrected chi connectivity index (χ1v) is 9.63. The summed E-state index contributed by atoms with van der Waals surface area (Å²) in [4.78, 5) is 29.1. The second-order valence-electron chi connectivity index (χ2n) is 6.95. The average Bonchev–Trinajstić information content (AvgIpc) is 2.76. The largest absolute Gasteiger partial charge is 0.486 e. The molecule has 6 nitrogen and oxygen atoms in total. The number of alkyl halides is 3. The summed E-state index contributed by atoms with van der Waals surface area (Å²) < 4.78 is 46.5. The minimum absolute atomic E-state index is 0.132. The van der Waals surface area contributed by atoms with E-state index < -0.39 is 28.9 Å². The monoisotopic (exact) mass is 443 g/mol. The molecule has 3 rings (SSSR count). The molecule has 9 heteroatoms. The second kappa shape index (κ2) is 9.51. The first-order valence-electron chi connectivity index (χ1n) is 9.63. The highest BCUT2D eigenvalue weighted by Gasteiger charge is 2.36. The first-order chi connectivity index (χ1) is 15.2. The van der Waals surface area contributed by atoms with Gasteiger partial charge in [-0.15, -0.1) is 6.58 Å². The molecule has 0 aliphatic rings. The van der Waals surface area contributed by atoms with E-state index in [1.807, 2.05) is 6.07 Å². The molecule has 1 atom stereocenters. The number of ether oxygens (including phenoxy) is 1. The molecule has 0 aliphatic carbocycles. The smallest absolute Gasteiger partial charge is 0.431 e. The number of halogens is 3. The number of aromatic amines is 1. The van der Waals surface area contributed by atoms with Crippen LogP contribution in [0.15, 0.2) is 72.3 Å². The number of pyridine rings is 2. The molecule has 3 aromatic rings. The Hall–Kier alpha value is -3.88. The predicted molar refractivity (Wildman–Crippen MR) is 113 cm³/mol. The van der Waals surface area contributed by atoms with Crippen molar-refractivity contribution in [2.24, 2.45) is 5.73 Å². The molecule has 2 aromatic heterocycles. The van der Waals surface area contributed by atoms with Gasteiger partial charge in [-0.2, -0.15) is 13.2 Å². The minimum Gasteiger partial charge on any atom is -0.486 e. The summed E-state index contributed by atoms with van der Waals surface area (Å²) in [6, 6.07) is 10.4. The quantitative estimate of drug-likeness (QED) is 0.496. The van der Waals surface area contributed by atoms with Crippen LogP contribution in [0, 0.1) is 0 Å². The molecule has 0 saturated carbocycles. The normalized spacial score (nSPS) is 12.2. The van der Waals surface area contributed by atoms with Crippen molar-refractivity contribution in [3.05, 3.63) is 94.7 Å². The van der Waals surface area contributed by atoms with E-state index in [1.54, 1.807) is 29.5 Å². The number of carbonyl (C=O) groups excluding carboxylic acids is 1. The number of amides is 1. The highest BCUT2D eigenvalue weighted by Crippen LogP contribution is 2.36. The number of nitrogens with one attached hydrogen (secondary N) is 1. The van der Waals surface area contributed by atoms with Gasteiger partial charge in [0, 0.05) is 23.5 Å². The van der Waals surface area contributed by atoms with Crippen molar-refractivity contribution in [1.29, 1.82) is 0 Å². The predicted octanol–water partition coefficient (Wildman–Crippen LogP) is 4.64. The summed E-state index contributed by atoms with van der Waals surface area (Å²) in [6.07, 6.45) is 1.26. The Labute approximate surface area is 181 Å². The molecule has 0 fully saturated rings. The molecule has 0 aliphatic heterocycles. The number of nitrogens with two attached hydrogens (primary N) is 1. The molecule has 0 saturated heterocycles. The number of rotatable bonds is 8. The van der Waals surface area contributed by atoms with Crippen molar-refractivity contribution in [2.45, 2.75) is 25.1 Å². The Balaban J connectivity index is 1.96. The Bertz CT molecular complexity index is 1160. The fourth-order valence-corrected chi connectivity index (χ4v) is 3.17. The van der Waals surface area contributed by atoms with Crippen molar-refractivity contribution in [3.63, 3.8) is 0 Å². The van der Waals surface area contributed by atoms with Gasteiger partial charge in [0.15, 0.2) is 0 Å². The third-order valence-electron chi connectivity index (χ3n) is 4.72. The zero-order chi connectivity index (χ0) is 23.3. The van der Waals surface area contributed by atoms with E-state index in [0.29, 0.717) is 18.6 Å². The van der Waals surface area contributed by atoms with Crippen LogP contribution in [0.3, 0.4) is 0 Å². The number of hydrogen-bond acceptors (Lipinski definition) is 4. The van der Waals surface area contributed by atoms with Crippen LogP contribution in [0.4, 0.5) is 13.2 Å². The van der Waals surface area contributed by atoms with Crippen LogP contribution in [-0.4, -0.2) is 15.9 Å². The van der Waals surface area contributed by atoms with Gasteiger partial charge in [-0.05, 0) is 42.7 Å².